The van der Waals surface area contributed by atoms with Gasteiger partial charge in [0.2, 0.25) is 11.8 Å². The first kappa shape index (κ1) is 21.2. The van der Waals surface area contributed by atoms with Crippen molar-refractivity contribution in [3.05, 3.63) is 0 Å². The highest BCUT2D eigenvalue weighted by molar-refractivity contribution is 7.92. The van der Waals surface area contributed by atoms with Crippen LogP contribution in [-0.4, -0.2) is 62.3 Å². The molecule has 1 unspecified atom stereocenters. The summed E-state index contributed by atoms with van der Waals surface area (Å²) in [5.41, 5.74) is 5.37. The number of carbonyl (C=O) groups excluding carboxylic acids is 2. The molecule has 1 heterocycles. The molecule has 0 aromatic rings. The summed E-state index contributed by atoms with van der Waals surface area (Å²) in [6.45, 7) is 1.62. The lowest BCUT2D eigenvalue weighted by atomic mass is 9.97. The van der Waals surface area contributed by atoms with Gasteiger partial charge in [-0.2, -0.15) is 0 Å². The zero-order chi connectivity index (χ0) is 16.9. The molecule has 9 heteroatoms. The number of hydrogen-bond donors (Lipinski definition) is 2. The van der Waals surface area contributed by atoms with Gasteiger partial charge in [0.1, 0.15) is 5.75 Å². The molecule has 1 aliphatic carbocycles. The van der Waals surface area contributed by atoms with Crippen LogP contribution in [0.3, 0.4) is 0 Å². The lowest BCUT2D eigenvalue weighted by molar-refractivity contribution is -0.133. The Morgan fingerprint density at radius 1 is 1.12 bits per heavy atom. The van der Waals surface area contributed by atoms with E-state index in [-0.39, 0.29) is 35.4 Å². The number of nitrogens with two attached hydrogens (primary N) is 1. The van der Waals surface area contributed by atoms with Crippen LogP contribution in [0.2, 0.25) is 0 Å². The molecule has 7 nitrogen and oxygen atoms in total. The van der Waals surface area contributed by atoms with Crippen molar-refractivity contribution in [2.75, 3.05) is 31.9 Å². The second-order valence-electron chi connectivity index (χ2n) is 6.47. The molecule has 0 spiro atoms. The van der Waals surface area contributed by atoms with Crippen LogP contribution in [-0.2, 0) is 19.4 Å². The maximum absolute atomic E-state index is 12.3. The fourth-order valence-corrected chi connectivity index (χ4v) is 5.20. The molecule has 0 bridgehead atoms. The van der Waals surface area contributed by atoms with Gasteiger partial charge in [-0.1, -0.05) is 12.8 Å². The summed E-state index contributed by atoms with van der Waals surface area (Å²) >= 11 is 0. The first-order valence-electron chi connectivity index (χ1n) is 8.41. The summed E-state index contributed by atoms with van der Waals surface area (Å²) in [6.07, 6.45) is 4.61. The van der Waals surface area contributed by atoms with Crippen molar-refractivity contribution in [2.45, 2.75) is 43.8 Å². The third kappa shape index (κ3) is 5.60. The predicted octanol–water partition coefficient (Wildman–Crippen LogP) is 0.0791. The Bertz CT molecular complexity index is 535. The molecule has 2 rings (SSSR count). The summed E-state index contributed by atoms with van der Waals surface area (Å²) in [5.74, 6) is -1.16. The number of rotatable bonds is 6. The van der Waals surface area contributed by atoms with Crippen molar-refractivity contribution in [3.63, 3.8) is 0 Å². The normalized spacial score (nSPS) is 22.0. The van der Waals surface area contributed by atoms with Crippen molar-refractivity contribution in [1.29, 1.82) is 0 Å². The molecule has 2 aliphatic rings. The average molecular weight is 382 g/mol. The van der Waals surface area contributed by atoms with Crippen molar-refractivity contribution in [2.24, 2.45) is 11.7 Å². The van der Waals surface area contributed by atoms with Crippen molar-refractivity contribution >= 4 is 34.1 Å². The van der Waals surface area contributed by atoms with Crippen LogP contribution >= 0.6 is 12.4 Å². The van der Waals surface area contributed by atoms with Crippen LogP contribution < -0.4 is 11.1 Å². The largest absolute Gasteiger partial charge is 0.355 e. The molecule has 0 aromatic heterocycles. The fourth-order valence-electron chi connectivity index (χ4n) is 3.39. The maximum atomic E-state index is 12.3. The van der Waals surface area contributed by atoms with E-state index in [0.29, 0.717) is 39.0 Å². The van der Waals surface area contributed by atoms with Gasteiger partial charge in [-0.3, -0.25) is 9.59 Å². The Morgan fingerprint density at radius 3 is 2.42 bits per heavy atom. The molecular weight excluding hydrogens is 354 g/mol. The predicted molar refractivity (Wildman–Crippen MR) is 94.7 cm³/mol. The highest BCUT2D eigenvalue weighted by Gasteiger charge is 2.34. The second kappa shape index (κ2) is 9.58. The third-order valence-corrected chi connectivity index (χ3v) is 6.86. The molecule has 1 aliphatic heterocycles. The molecule has 140 valence electrons. The number of sulfone groups is 1. The zero-order valence-corrected chi connectivity index (χ0v) is 15.5. The van der Waals surface area contributed by atoms with E-state index in [0.717, 1.165) is 25.7 Å². The fraction of sp³-hybridized carbons (Fsp3) is 0.867. The Labute approximate surface area is 150 Å². The van der Waals surface area contributed by atoms with Crippen LogP contribution in [0.4, 0.5) is 0 Å². The lowest BCUT2D eigenvalue weighted by Crippen LogP contribution is -2.48. The summed E-state index contributed by atoms with van der Waals surface area (Å²) < 4.78 is 24.6. The van der Waals surface area contributed by atoms with Gasteiger partial charge in [-0.25, -0.2) is 8.42 Å². The number of nitrogens with one attached hydrogen (secondary N) is 1. The van der Waals surface area contributed by atoms with E-state index in [4.69, 9.17) is 5.73 Å². The summed E-state index contributed by atoms with van der Waals surface area (Å²) in [6, 6.07) is 0. The SMILES string of the molecule is Cl.NCCNC(=O)C1CCCN(C(=O)CS(=O)(=O)C2CCCC2)C1. The first-order chi connectivity index (χ1) is 10.9. The Hall–Kier alpha value is -0.860. The minimum atomic E-state index is -3.37. The van der Waals surface area contributed by atoms with E-state index in [1.165, 1.54) is 4.90 Å². The number of halogens is 1. The van der Waals surface area contributed by atoms with Gasteiger partial charge in [-0.05, 0) is 25.7 Å². The van der Waals surface area contributed by atoms with Crippen molar-refractivity contribution < 1.29 is 18.0 Å². The average Bonchev–Trinajstić information content (AvgIpc) is 3.07. The van der Waals surface area contributed by atoms with Gasteiger partial charge in [-0.15, -0.1) is 12.4 Å². The van der Waals surface area contributed by atoms with Crippen LogP contribution in [0.5, 0.6) is 0 Å². The van der Waals surface area contributed by atoms with E-state index in [2.05, 4.69) is 5.32 Å². The van der Waals surface area contributed by atoms with Gasteiger partial charge >= 0.3 is 0 Å². The molecular formula is C15H28ClN3O4S. The standard InChI is InChI=1S/C15H27N3O4S.ClH/c16-7-8-17-15(20)12-4-3-9-18(10-12)14(19)11-23(21,22)13-5-1-2-6-13;/h12-13H,1-11,16H2,(H,17,20);1H. The van der Waals surface area contributed by atoms with E-state index >= 15 is 0 Å². The van der Waals surface area contributed by atoms with Crippen molar-refractivity contribution in [1.82, 2.24) is 10.2 Å². The molecule has 2 amide bonds. The number of piperidine rings is 1. The smallest absolute Gasteiger partial charge is 0.237 e. The summed E-state index contributed by atoms with van der Waals surface area (Å²) in [7, 11) is -3.37. The minimum Gasteiger partial charge on any atom is -0.355 e. The lowest BCUT2D eigenvalue weighted by Gasteiger charge is -2.32. The first-order valence-corrected chi connectivity index (χ1v) is 10.1. The molecule has 1 atom stereocenters. The number of carbonyl (C=O) groups is 2. The number of amides is 2. The van der Waals surface area contributed by atoms with Gasteiger partial charge in [0, 0.05) is 26.2 Å². The van der Waals surface area contributed by atoms with E-state index < -0.39 is 15.6 Å². The van der Waals surface area contributed by atoms with Gasteiger partial charge in [0.15, 0.2) is 9.84 Å². The second-order valence-corrected chi connectivity index (χ2v) is 8.75. The maximum Gasteiger partial charge on any atom is 0.237 e. The Balaban J connectivity index is 0.00000288. The quantitative estimate of drug-likeness (QED) is 0.677. The Morgan fingerprint density at radius 2 is 1.79 bits per heavy atom. The molecule has 1 saturated heterocycles. The van der Waals surface area contributed by atoms with Crippen molar-refractivity contribution in [3.8, 4) is 0 Å². The topological polar surface area (TPSA) is 110 Å². The van der Waals surface area contributed by atoms with Crippen LogP contribution in [0.25, 0.3) is 0 Å². The highest BCUT2D eigenvalue weighted by Crippen LogP contribution is 2.26. The number of likely N-dealkylation sites (tertiary alicyclic amines) is 1. The van der Waals surface area contributed by atoms with Gasteiger partial charge < -0.3 is 16.0 Å². The zero-order valence-electron chi connectivity index (χ0n) is 13.9. The number of nitrogens with zero attached hydrogens (tertiary/aromatic N) is 1. The van der Waals surface area contributed by atoms with Crippen LogP contribution in [0.15, 0.2) is 0 Å². The molecule has 3 N–H and O–H groups in total. The van der Waals surface area contributed by atoms with E-state index in [9.17, 15) is 18.0 Å². The van der Waals surface area contributed by atoms with E-state index in [1.54, 1.807) is 0 Å². The third-order valence-electron chi connectivity index (χ3n) is 4.72. The van der Waals surface area contributed by atoms with Gasteiger partial charge in [0.05, 0.1) is 11.2 Å². The molecule has 2 fully saturated rings. The molecule has 0 aromatic carbocycles. The summed E-state index contributed by atoms with van der Waals surface area (Å²) in [5, 5.41) is 2.37. The number of hydrogen-bond acceptors (Lipinski definition) is 5. The minimum absolute atomic E-state index is 0. The van der Waals surface area contributed by atoms with Crippen LogP contribution in [0, 0.1) is 5.92 Å². The molecule has 1 saturated carbocycles. The van der Waals surface area contributed by atoms with Crippen LogP contribution in [0.1, 0.15) is 38.5 Å². The highest BCUT2D eigenvalue weighted by atomic mass is 35.5. The Kier molecular flexibility index (Phi) is 8.45. The van der Waals surface area contributed by atoms with Gasteiger partial charge in [0.25, 0.3) is 0 Å². The molecule has 24 heavy (non-hydrogen) atoms. The summed E-state index contributed by atoms with van der Waals surface area (Å²) in [4.78, 5) is 25.9. The molecule has 0 radical (unpaired) electrons. The van der Waals surface area contributed by atoms with E-state index in [1.807, 2.05) is 0 Å². The monoisotopic (exact) mass is 381 g/mol.